The van der Waals surface area contributed by atoms with Crippen molar-refractivity contribution in [1.29, 1.82) is 0 Å². The van der Waals surface area contributed by atoms with Crippen molar-refractivity contribution >= 4 is 22.4 Å². The van der Waals surface area contributed by atoms with Gasteiger partial charge in [0.25, 0.3) is 0 Å². The molecule has 1 N–H and O–H groups in total. The van der Waals surface area contributed by atoms with Crippen molar-refractivity contribution in [2.75, 3.05) is 23.4 Å². The molecule has 2 bridgehead atoms. The molecule has 5 rings (SSSR count). The molecule has 150 valence electrons. The Labute approximate surface area is 169 Å². The number of morpholine rings is 1. The number of hydrogen-bond acceptors (Lipinski definition) is 6. The lowest BCUT2D eigenvalue weighted by Crippen LogP contribution is -2.37. The normalized spacial score (nSPS) is 21.7. The van der Waals surface area contributed by atoms with Crippen molar-refractivity contribution in [3.05, 3.63) is 53.1 Å². The van der Waals surface area contributed by atoms with E-state index in [1.807, 2.05) is 26.1 Å². The molecule has 3 atom stereocenters. The molecule has 4 heterocycles. The fraction of sp³-hybridized carbons (Fsp3) is 0.409. The minimum atomic E-state index is -0.247. The minimum Gasteiger partial charge on any atom is -0.374 e. The van der Waals surface area contributed by atoms with Crippen LogP contribution in [0, 0.1) is 19.7 Å². The lowest BCUT2D eigenvalue weighted by atomic mass is 10.0. The van der Waals surface area contributed by atoms with Crippen LogP contribution in [0.2, 0.25) is 0 Å². The summed E-state index contributed by atoms with van der Waals surface area (Å²) in [6.45, 7) is 7.26. The van der Waals surface area contributed by atoms with Gasteiger partial charge in [-0.25, -0.2) is 9.37 Å². The summed E-state index contributed by atoms with van der Waals surface area (Å²) < 4.78 is 20.3. The molecule has 0 aliphatic carbocycles. The average molecular weight is 393 g/mol. The van der Waals surface area contributed by atoms with Crippen molar-refractivity contribution in [2.45, 2.75) is 45.4 Å². The zero-order valence-corrected chi connectivity index (χ0v) is 16.8. The van der Waals surface area contributed by atoms with Gasteiger partial charge in [0.15, 0.2) is 5.82 Å². The average Bonchev–Trinajstić information content (AvgIpc) is 3.35. The Kier molecular flexibility index (Phi) is 4.35. The number of rotatable bonds is 4. The van der Waals surface area contributed by atoms with E-state index in [1.165, 1.54) is 0 Å². The van der Waals surface area contributed by atoms with Gasteiger partial charge in [-0.15, -0.1) is 5.10 Å². The molecule has 0 saturated carbocycles. The van der Waals surface area contributed by atoms with Gasteiger partial charge in [0, 0.05) is 29.1 Å². The van der Waals surface area contributed by atoms with E-state index in [4.69, 9.17) is 4.74 Å². The number of pyridine rings is 1. The van der Waals surface area contributed by atoms with Gasteiger partial charge in [0.1, 0.15) is 11.6 Å². The van der Waals surface area contributed by atoms with E-state index in [0.717, 1.165) is 41.9 Å². The monoisotopic (exact) mass is 393 g/mol. The number of fused-ring (bicyclic) bond motifs is 3. The number of nitrogens with zero attached hydrogens (tertiary/aromatic N) is 4. The van der Waals surface area contributed by atoms with Gasteiger partial charge >= 0.3 is 0 Å². The van der Waals surface area contributed by atoms with Crippen LogP contribution in [-0.4, -0.2) is 40.5 Å². The summed E-state index contributed by atoms with van der Waals surface area (Å²) >= 11 is 0. The van der Waals surface area contributed by atoms with Gasteiger partial charge < -0.3 is 15.0 Å². The third-order valence-electron chi connectivity index (χ3n) is 6.07. The Bertz CT molecular complexity index is 1090. The Morgan fingerprint density at radius 2 is 2.10 bits per heavy atom. The molecule has 0 amide bonds. The molecule has 29 heavy (non-hydrogen) atoms. The predicted octanol–water partition coefficient (Wildman–Crippen LogP) is 3.93. The molecule has 7 heteroatoms. The topological polar surface area (TPSA) is 63.2 Å². The molecule has 0 radical (unpaired) electrons. The minimum absolute atomic E-state index is 0.188. The van der Waals surface area contributed by atoms with Crippen molar-refractivity contribution in [1.82, 2.24) is 15.2 Å². The van der Waals surface area contributed by atoms with Gasteiger partial charge in [-0.3, -0.25) is 0 Å². The summed E-state index contributed by atoms with van der Waals surface area (Å²) in [7, 11) is 0. The van der Waals surface area contributed by atoms with Gasteiger partial charge in [-0.05, 0) is 38.8 Å². The third-order valence-corrected chi connectivity index (χ3v) is 6.07. The standard InChI is InChI=1S/C22H24FN5O/c1-12-5-4-6-17(21(12)23)13(2)25-22-18-8-20(24-9-19(18)14(3)26-27-22)28-10-16-7-15(28)11-29-16/h4-6,8-9,13,15-16H,7,10-11H2,1-3H3,(H,25,27)/t13-,15-,16-/m1/s1. The third kappa shape index (κ3) is 3.09. The first kappa shape index (κ1) is 18.2. The summed E-state index contributed by atoms with van der Waals surface area (Å²) in [6.07, 6.45) is 3.23. The number of aryl methyl sites for hydroxylation is 2. The number of hydrogen-bond donors (Lipinski definition) is 1. The highest BCUT2D eigenvalue weighted by molar-refractivity contribution is 5.94. The first-order chi connectivity index (χ1) is 14.0. The van der Waals surface area contributed by atoms with Gasteiger partial charge in [-0.1, -0.05) is 18.2 Å². The Balaban J connectivity index is 1.52. The van der Waals surface area contributed by atoms with Crippen LogP contribution in [0.25, 0.3) is 10.8 Å². The van der Waals surface area contributed by atoms with Gasteiger partial charge in [0.2, 0.25) is 0 Å². The van der Waals surface area contributed by atoms with E-state index < -0.39 is 0 Å². The molecule has 2 fully saturated rings. The molecule has 0 unspecified atom stereocenters. The molecule has 2 aliphatic heterocycles. The molecule has 1 aromatic carbocycles. The molecular formula is C22H24FN5O. The highest BCUT2D eigenvalue weighted by atomic mass is 19.1. The van der Waals surface area contributed by atoms with E-state index in [0.29, 0.717) is 29.1 Å². The summed E-state index contributed by atoms with van der Waals surface area (Å²) in [5.41, 5.74) is 2.07. The number of anilines is 2. The fourth-order valence-corrected chi connectivity index (χ4v) is 4.39. The van der Waals surface area contributed by atoms with Crippen LogP contribution in [0.4, 0.5) is 16.0 Å². The van der Waals surface area contributed by atoms with Crippen LogP contribution < -0.4 is 10.2 Å². The summed E-state index contributed by atoms with van der Waals surface area (Å²) in [5, 5.41) is 13.9. The lowest BCUT2D eigenvalue weighted by Gasteiger charge is -2.28. The quantitative estimate of drug-likeness (QED) is 0.725. The van der Waals surface area contributed by atoms with E-state index in [1.54, 1.807) is 19.1 Å². The number of halogens is 1. The van der Waals surface area contributed by atoms with Crippen molar-refractivity contribution in [3.8, 4) is 0 Å². The van der Waals surface area contributed by atoms with Crippen LogP contribution in [0.1, 0.15) is 36.2 Å². The molecule has 2 aliphatic rings. The summed E-state index contributed by atoms with van der Waals surface area (Å²) in [4.78, 5) is 7.00. The first-order valence-corrected chi connectivity index (χ1v) is 10.0. The molecular weight excluding hydrogens is 369 g/mol. The zero-order valence-electron chi connectivity index (χ0n) is 16.8. The second-order valence-electron chi connectivity index (χ2n) is 8.06. The number of nitrogens with one attached hydrogen (secondary N) is 1. The molecule has 2 aromatic heterocycles. The van der Waals surface area contributed by atoms with E-state index in [2.05, 4.69) is 31.5 Å². The summed E-state index contributed by atoms with van der Waals surface area (Å²) in [5.74, 6) is 1.38. The van der Waals surface area contributed by atoms with Crippen LogP contribution in [0.5, 0.6) is 0 Å². The SMILES string of the molecule is Cc1cccc([C@@H](C)Nc2nnc(C)c3cnc(N4C[C@H]5C[C@@H]4CO5)cc23)c1F. The van der Waals surface area contributed by atoms with Gasteiger partial charge in [-0.2, -0.15) is 5.10 Å². The van der Waals surface area contributed by atoms with Crippen molar-refractivity contribution < 1.29 is 9.13 Å². The van der Waals surface area contributed by atoms with E-state index in [-0.39, 0.29) is 11.9 Å². The maximum Gasteiger partial charge on any atom is 0.157 e. The predicted molar refractivity (Wildman–Crippen MR) is 111 cm³/mol. The smallest absolute Gasteiger partial charge is 0.157 e. The Hall–Kier alpha value is -2.80. The van der Waals surface area contributed by atoms with E-state index in [9.17, 15) is 4.39 Å². The van der Waals surface area contributed by atoms with Crippen LogP contribution >= 0.6 is 0 Å². The Morgan fingerprint density at radius 1 is 1.24 bits per heavy atom. The lowest BCUT2D eigenvalue weighted by molar-refractivity contribution is 0.0989. The van der Waals surface area contributed by atoms with Crippen molar-refractivity contribution in [3.63, 3.8) is 0 Å². The van der Waals surface area contributed by atoms with Crippen molar-refractivity contribution in [2.24, 2.45) is 0 Å². The van der Waals surface area contributed by atoms with Crippen LogP contribution in [0.15, 0.2) is 30.5 Å². The Morgan fingerprint density at radius 3 is 2.86 bits per heavy atom. The number of ether oxygens (including phenoxy) is 1. The maximum atomic E-state index is 14.6. The molecule has 6 nitrogen and oxygen atoms in total. The van der Waals surface area contributed by atoms with E-state index >= 15 is 0 Å². The van der Waals surface area contributed by atoms with Crippen LogP contribution in [-0.2, 0) is 4.74 Å². The second-order valence-corrected chi connectivity index (χ2v) is 8.06. The van der Waals surface area contributed by atoms with Gasteiger partial charge in [0.05, 0.1) is 30.5 Å². The molecule has 2 saturated heterocycles. The second kappa shape index (κ2) is 6.91. The maximum absolute atomic E-state index is 14.6. The molecule has 0 spiro atoms. The molecule has 3 aromatic rings. The number of benzene rings is 1. The first-order valence-electron chi connectivity index (χ1n) is 10.0. The largest absolute Gasteiger partial charge is 0.374 e. The highest BCUT2D eigenvalue weighted by Gasteiger charge is 2.39. The fourth-order valence-electron chi connectivity index (χ4n) is 4.39. The summed E-state index contributed by atoms with van der Waals surface area (Å²) in [6, 6.07) is 7.66. The highest BCUT2D eigenvalue weighted by Crippen LogP contribution is 2.34. The number of aromatic nitrogens is 3. The zero-order chi connectivity index (χ0) is 20.1. The van der Waals surface area contributed by atoms with Crippen LogP contribution in [0.3, 0.4) is 0 Å².